The summed E-state index contributed by atoms with van der Waals surface area (Å²) in [6, 6.07) is 9.39. The van der Waals surface area contributed by atoms with Gasteiger partial charge in [-0.3, -0.25) is 4.79 Å². The molecule has 6 heteroatoms. The van der Waals surface area contributed by atoms with Crippen molar-refractivity contribution in [2.45, 2.75) is 20.8 Å². The zero-order valence-corrected chi connectivity index (χ0v) is 14.6. The monoisotopic (exact) mass is 342 g/mol. The Kier molecular flexibility index (Phi) is 4.53. The highest BCUT2D eigenvalue weighted by Crippen LogP contribution is 2.27. The molecule has 2 heterocycles. The summed E-state index contributed by atoms with van der Waals surface area (Å²) in [7, 11) is 0. The third-order valence-electron chi connectivity index (χ3n) is 3.79. The van der Waals surface area contributed by atoms with Crippen LogP contribution >= 0.6 is 11.6 Å². The fraction of sp³-hybridized carbons (Fsp3) is 0.278. The maximum absolute atomic E-state index is 12.3. The van der Waals surface area contributed by atoms with Crippen LogP contribution in [0.5, 0.6) is 0 Å². The van der Waals surface area contributed by atoms with E-state index in [1.165, 1.54) is 0 Å². The molecule has 3 aromatic rings. The third-order valence-corrected chi connectivity index (χ3v) is 4.12. The zero-order chi connectivity index (χ0) is 17.3. The Hall–Kier alpha value is -2.40. The minimum atomic E-state index is -0.134. The van der Waals surface area contributed by atoms with E-state index in [1.807, 2.05) is 37.3 Å². The first-order valence-corrected chi connectivity index (χ1v) is 8.23. The highest BCUT2D eigenvalue weighted by Gasteiger charge is 2.15. The maximum atomic E-state index is 12.3. The van der Waals surface area contributed by atoms with Gasteiger partial charge < -0.3 is 5.32 Å². The molecular weight excluding hydrogens is 324 g/mol. The van der Waals surface area contributed by atoms with Crippen molar-refractivity contribution in [3.63, 3.8) is 0 Å². The van der Waals surface area contributed by atoms with Gasteiger partial charge in [-0.05, 0) is 18.9 Å². The summed E-state index contributed by atoms with van der Waals surface area (Å²) in [5.41, 5.74) is 3.53. The number of nitrogens with zero attached hydrogens (tertiary/aromatic N) is 3. The quantitative estimate of drug-likeness (QED) is 0.785. The summed E-state index contributed by atoms with van der Waals surface area (Å²) >= 11 is 6.24. The molecule has 0 atom stereocenters. The third kappa shape index (κ3) is 3.12. The molecule has 0 aliphatic rings. The first kappa shape index (κ1) is 16.5. The molecule has 1 amide bonds. The molecule has 1 N–H and O–H groups in total. The maximum Gasteiger partial charge on any atom is 0.254 e. The van der Waals surface area contributed by atoms with Gasteiger partial charge in [0.05, 0.1) is 22.0 Å². The topological polar surface area (TPSA) is 59.3 Å². The number of fused-ring (bicyclic) bond motifs is 1. The molecule has 2 aromatic heterocycles. The number of hydrogen-bond donors (Lipinski definition) is 1. The molecule has 24 heavy (non-hydrogen) atoms. The van der Waals surface area contributed by atoms with Crippen molar-refractivity contribution in [2.24, 2.45) is 5.92 Å². The Morgan fingerprint density at radius 2 is 2.08 bits per heavy atom. The van der Waals surface area contributed by atoms with Crippen LogP contribution < -0.4 is 5.32 Å². The minimum Gasteiger partial charge on any atom is -0.352 e. The number of rotatable bonds is 4. The van der Waals surface area contributed by atoms with E-state index in [1.54, 1.807) is 10.7 Å². The molecule has 0 aliphatic carbocycles. The van der Waals surface area contributed by atoms with Crippen LogP contribution in [0.3, 0.4) is 0 Å². The normalized spacial score (nSPS) is 11.2. The molecule has 0 spiro atoms. The summed E-state index contributed by atoms with van der Waals surface area (Å²) in [6.07, 6.45) is 1.60. The van der Waals surface area contributed by atoms with Crippen molar-refractivity contribution < 1.29 is 4.79 Å². The Labute approximate surface area is 145 Å². The largest absolute Gasteiger partial charge is 0.352 e. The highest BCUT2D eigenvalue weighted by molar-refractivity contribution is 6.33. The first-order chi connectivity index (χ1) is 11.5. The van der Waals surface area contributed by atoms with Gasteiger partial charge in [-0.1, -0.05) is 43.6 Å². The van der Waals surface area contributed by atoms with E-state index >= 15 is 0 Å². The van der Waals surface area contributed by atoms with E-state index in [0.29, 0.717) is 28.7 Å². The number of carbonyl (C=O) groups is 1. The van der Waals surface area contributed by atoms with Gasteiger partial charge in [0.15, 0.2) is 5.65 Å². The van der Waals surface area contributed by atoms with Crippen LogP contribution in [0, 0.1) is 12.8 Å². The molecule has 0 saturated carbocycles. The van der Waals surface area contributed by atoms with Crippen LogP contribution in [0.1, 0.15) is 29.9 Å². The second-order valence-electron chi connectivity index (χ2n) is 6.14. The van der Waals surface area contributed by atoms with Gasteiger partial charge in [-0.15, -0.1) is 0 Å². The summed E-state index contributed by atoms with van der Waals surface area (Å²) in [6.45, 7) is 6.60. The van der Waals surface area contributed by atoms with Gasteiger partial charge in [-0.25, -0.2) is 9.50 Å². The van der Waals surface area contributed by atoms with Crippen LogP contribution in [0.4, 0.5) is 0 Å². The summed E-state index contributed by atoms with van der Waals surface area (Å²) in [5, 5.41) is 8.11. The molecule has 0 fully saturated rings. The fourth-order valence-electron chi connectivity index (χ4n) is 2.46. The molecular formula is C18H19ClN4O. The van der Waals surface area contributed by atoms with E-state index in [4.69, 9.17) is 11.6 Å². The lowest BCUT2D eigenvalue weighted by Gasteiger charge is -2.10. The van der Waals surface area contributed by atoms with E-state index in [2.05, 4.69) is 29.2 Å². The number of aryl methyl sites for hydroxylation is 1. The van der Waals surface area contributed by atoms with Crippen LogP contribution in [0.25, 0.3) is 16.9 Å². The van der Waals surface area contributed by atoms with Crippen LogP contribution in [-0.4, -0.2) is 27.0 Å². The number of hydrogen-bond acceptors (Lipinski definition) is 3. The Bertz CT molecular complexity index is 901. The van der Waals surface area contributed by atoms with E-state index in [0.717, 1.165) is 17.0 Å². The number of carbonyl (C=O) groups excluding carboxylic acids is 1. The predicted octanol–water partition coefficient (Wildman–Crippen LogP) is 3.74. The van der Waals surface area contributed by atoms with Crippen molar-refractivity contribution in [3.8, 4) is 11.3 Å². The Morgan fingerprint density at radius 1 is 1.33 bits per heavy atom. The molecule has 1 aromatic carbocycles. The van der Waals surface area contributed by atoms with Crippen LogP contribution in [0.15, 0.2) is 36.5 Å². The SMILES string of the molecule is Cc1c(C(=O)NCC(C)C)cnc2cc(-c3ccccc3Cl)nn12. The Balaban J connectivity index is 2.01. The van der Waals surface area contributed by atoms with E-state index in [9.17, 15) is 4.79 Å². The molecule has 0 radical (unpaired) electrons. The molecule has 0 aliphatic heterocycles. The number of aromatic nitrogens is 3. The Morgan fingerprint density at radius 3 is 2.79 bits per heavy atom. The van der Waals surface area contributed by atoms with E-state index < -0.39 is 0 Å². The number of nitrogens with one attached hydrogen (secondary N) is 1. The van der Waals surface area contributed by atoms with Crippen molar-refractivity contribution in [1.29, 1.82) is 0 Å². The van der Waals surface area contributed by atoms with Gasteiger partial charge in [0.2, 0.25) is 0 Å². The van der Waals surface area contributed by atoms with Crippen molar-refractivity contribution in [3.05, 3.63) is 52.8 Å². The number of halogens is 1. The highest BCUT2D eigenvalue weighted by atomic mass is 35.5. The minimum absolute atomic E-state index is 0.134. The van der Waals surface area contributed by atoms with E-state index in [-0.39, 0.29) is 5.91 Å². The van der Waals surface area contributed by atoms with Gasteiger partial charge in [0, 0.05) is 24.4 Å². The lowest BCUT2D eigenvalue weighted by molar-refractivity contribution is 0.0947. The summed E-state index contributed by atoms with van der Waals surface area (Å²) in [5.74, 6) is 0.257. The summed E-state index contributed by atoms with van der Waals surface area (Å²) < 4.78 is 1.68. The van der Waals surface area contributed by atoms with Crippen LogP contribution in [0.2, 0.25) is 5.02 Å². The first-order valence-electron chi connectivity index (χ1n) is 7.86. The molecule has 3 rings (SSSR count). The van der Waals surface area contributed by atoms with Gasteiger partial charge in [0.1, 0.15) is 0 Å². The van der Waals surface area contributed by atoms with Crippen molar-refractivity contribution in [1.82, 2.24) is 19.9 Å². The number of benzene rings is 1. The smallest absolute Gasteiger partial charge is 0.254 e. The standard InChI is InChI=1S/C18H19ClN4O/c1-11(2)9-21-18(24)14-10-20-17-8-16(22-23(17)12(14)3)13-6-4-5-7-15(13)19/h4-8,10-11H,9H2,1-3H3,(H,21,24). The molecule has 124 valence electrons. The fourth-order valence-corrected chi connectivity index (χ4v) is 2.70. The molecule has 5 nitrogen and oxygen atoms in total. The zero-order valence-electron chi connectivity index (χ0n) is 13.9. The van der Waals surface area contributed by atoms with Crippen molar-refractivity contribution in [2.75, 3.05) is 6.54 Å². The second kappa shape index (κ2) is 6.61. The van der Waals surface area contributed by atoms with Crippen molar-refractivity contribution >= 4 is 23.2 Å². The van der Waals surface area contributed by atoms with Gasteiger partial charge in [0.25, 0.3) is 5.91 Å². The lowest BCUT2D eigenvalue weighted by Crippen LogP contribution is -2.28. The summed E-state index contributed by atoms with van der Waals surface area (Å²) in [4.78, 5) is 16.7. The molecule has 0 unspecified atom stereocenters. The number of amides is 1. The second-order valence-corrected chi connectivity index (χ2v) is 6.55. The molecule has 0 saturated heterocycles. The van der Waals surface area contributed by atoms with Gasteiger partial charge >= 0.3 is 0 Å². The van der Waals surface area contributed by atoms with Crippen LogP contribution in [-0.2, 0) is 0 Å². The van der Waals surface area contributed by atoms with Gasteiger partial charge in [-0.2, -0.15) is 5.10 Å². The lowest BCUT2D eigenvalue weighted by atomic mass is 10.1. The predicted molar refractivity (Wildman–Crippen MR) is 95.3 cm³/mol. The molecule has 0 bridgehead atoms. The average molecular weight is 343 g/mol. The average Bonchev–Trinajstić information content (AvgIpc) is 2.98.